The predicted octanol–water partition coefficient (Wildman–Crippen LogP) is 3.89. The highest BCUT2D eigenvalue weighted by Crippen LogP contribution is 2.39. The Labute approximate surface area is 293 Å². The number of hydrogen-bond donors (Lipinski definition) is 5. The Kier molecular flexibility index (Phi) is 15.0. The second-order valence-electron chi connectivity index (χ2n) is 14.0. The zero-order valence-corrected chi connectivity index (χ0v) is 29.8. The fraction of sp³-hybridized carbons (Fsp3) is 0.514. The normalized spacial score (nSPS) is 13.5. The lowest BCUT2D eigenvalue weighted by Crippen LogP contribution is -2.53. The first kappa shape index (κ1) is 40.2. The number of halogens is 2. The van der Waals surface area contributed by atoms with Crippen LogP contribution >= 0.6 is 0 Å². The van der Waals surface area contributed by atoms with Gasteiger partial charge in [-0.15, -0.1) is 0 Å². The number of aliphatic hydroxyl groups excluding tert-OH is 1. The van der Waals surface area contributed by atoms with Gasteiger partial charge in [0.05, 0.1) is 17.8 Å². The molecule has 0 bridgehead atoms. The second kappa shape index (κ2) is 18.7. The third kappa shape index (κ3) is 11.2. The Hall–Kier alpha value is -4.20. The molecule has 1 aromatic heterocycles. The van der Waals surface area contributed by atoms with Gasteiger partial charge in [-0.1, -0.05) is 65.0 Å². The Morgan fingerprint density at radius 2 is 1.72 bits per heavy atom. The molecule has 1 heterocycles. The van der Waals surface area contributed by atoms with Crippen molar-refractivity contribution in [3.63, 3.8) is 0 Å². The number of hydrogen-bond acceptors (Lipinski definition) is 7. The van der Waals surface area contributed by atoms with E-state index in [-0.39, 0.29) is 36.2 Å². The van der Waals surface area contributed by atoms with Crippen molar-refractivity contribution in [2.75, 3.05) is 26.2 Å². The molecule has 2 aromatic carbocycles. The van der Waals surface area contributed by atoms with Crippen molar-refractivity contribution in [3.05, 3.63) is 77.8 Å². The van der Waals surface area contributed by atoms with Crippen LogP contribution in [0.3, 0.4) is 0 Å². The van der Waals surface area contributed by atoms with Gasteiger partial charge in [0.15, 0.2) is 0 Å². The van der Waals surface area contributed by atoms with E-state index in [1.807, 2.05) is 69.5 Å². The number of amides is 3. The molecule has 0 fully saturated rings. The van der Waals surface area contributed by atoms with Crippen molar-refractivity contribution >= 4 is 17.7 Å². The highest BCUT2D eigenvalue weighted by atomic mass is 19.1. The van der Waals surface area contributed by atoms with Crippen LogP contribution in [0, 0.1) is 23.0 Å². The van der Waals surface area contributed by atoms with Crippen LogP contribution in [0.4, 0.5) is 8.78 Å². The van der Waals surface area contributed by atoms with Crippen LogP contribution in [0.15, 0.2) is 54.7 Å². The predicted molar refractivity (Wildman–Crippen MR) is 189 cm³/mol. The molecule has 0 aliphatic rings. The highest BCUT2D eigenvalue weighted by Gasteiger charge is 2.38. The molecule has 13 heteroatoms. The average Bonchev–Trinajstić information content (AvgIpc) is 3.47. The molecular weight excluding hydrogens is 644 g/mol. The highest BCUT2D eigenvalue weighted by molar-refractivity contribution is 5.89. The van der Waals surface area contributed by atoms with Crippen LogP contribution in [-0.4, -0.2) is 75.6 Å². The summed E-state index contributed by atoms with van der Waals surface area (Å²) >= 11 is 0. The monoisotopic (exact) mass is 697 g/mol. The maximum atomic E-state index is 15.0. The van der Waals surface area contributed by atoms with Crippen LogP contribution in [0.1, 0.15) is 77.7 Å². The number of rotatable bonds is 18. The molecule has 3 atom stereocenters. The Bertz CT molecular complexity index is 1560. The number of unbranched alkanes of at least 4 members (excludes halogenated alkanes) is 1. The summed E-state index contributed by atoms with van der Waals surface area (Å²) < 4.78 is 31.1. The van der Waals surface area contributed by atoms with E-state index < -0.39 is 53.6 Å². The van der Waals surface area contributed by atoms with Crippen molar-refractivity contribution in [2.45, 2.75) is 85.0 Å². The Morgan fingerprint density at radius 3 is 2.34 bits per heavy atom. The van der Waals surface area contributed by atoms with Gasteiger partial charge < -0.3 is 36.7 Å². The molecule has 0 saturated carbocycles. The molecule has 0 aliphatic carbocycles. The lowest BCUT2D eigenvalue weighted by atomic mass is 9.84. The van der Waals surface area contributed by atoms with Gasteiger partial charge in [0, 0.05) is 31.4 Å². The molecule has 3 amide bonds. The topological polar surface area (TPSA) is 169 Å². The number of aromatic nitrogens is 2. The third-order valence-electron chi connectivity index (χ3n) is 8.52. The van der Waals surface area contributed by atoms with Crippen molar-refractivity contribution in [3.8, 4) is 11.3 Å². The molecule has 3 rings (SSSR count). The fourth-order valence-electron chi connectivity index (χ4n) is 5.78. The summed E-state index contributed by atoms with van der Waals surface area (Å²) in [6, 6.07) is 10.4. The standard InChI is InChI=1S/C37H53F2N7O4/c1-24(2)32(41)36(50)44-29(14-9-10-17-40)35(49)42-18-11-19-46(31(48)23-47)33(37(3,4)5)34-43-30(27-20-26(38)15-16-28(27)39)22-45(34)21-25-12-7-6-8-13-25/h6-8,12-13,15-16,20,22,24,29,32-33,47H,9-11,14,17-19,21,23,40-41H2,1-5H3,(H,42,49)(H,44,50)/t29-,32-,33-/m0/s1. The summed E-state index contributed by atoms with van der Waals surface area (Å²) in [5.74, 6) is -2.29. The molecule has 0 saturated heterocycles. The number of imidazole rings is 1. The van der Waals surface area contributed by atoms with Gasteiger partial charge in [0.25, 0.3) is 0 Å². The Morgan fingerprint density at radius 1 is 1.02 bits per heavy atom. The molecular formula is C37H53F2N7O4. The van der Waals surface area contributed by atoms with Crippen LogP contribution in [-0.2, 0) is 20.9 Å². The average molecular weight is 698 g/mol. The maximum absolute atomic E-state index is 15.0. The summed E-state index contributed by atoms with van der Waals surface area (Å²) in [5, 5.41) is 15.7. The number of carbonyl (C=O) groups is 3. The van der Waals surface area contributed by atoms with Gasteiger partial charge in [-0.05, 0) is 67.3 Å². The first-order valence-corrected chi connectivity index (χ1v) is 17.2. The van der Waals surface area contributed by atoms with Crippen molar-refractivity contribution < 1.29 is 28.3 Å². The largest absolute Gasteiger partial charge is 0.387 e. The van der Waals surface area contributed by atoms with E-state index in [1.54, 1.807) is 6.20 Å². The lowest BCUT2D eigenvalue weighted by molar-refractivity contribution is -0.139. The minimum Gasteiger partial charge on any atom is -0.387 e. The van der Waals surface area contributed by atoms with Crippen LogP contribution in [0.5, 0.6) is 0 Å². The molecule has 0 unspecified atom stereocenters. The van der Waals surface area contributed by atoms with E-state index in [2.05, 4.69) is 10.6 Å². The summed E-state index contributed by atoms with van der Waals surface area (Å²) in [5.41, 5.74) is 12.1. The van der Waals surface area contributed by atoms with Crippen molar-refractivity contribution in [1.82, 2.24) is 25.1 Å². The number of aliphatic hydroxyl groups is 1. The number of benzene rings is 2. The molecule has 274 valence electrons. The van der Waals surface area contributed by atoms with Gasteiger partial charge in [-0.2, -0.15) is 0 Å². The molecule has 0 spiro atoms. The zero-order valence-electron chi connectivity index (χ0n) is 29.8. The summed E-state index contributed by atoms with van der Waals surface area (Å²) in [6.07, 6.45) is 3.67. The molecule has 50 heavy (non-hydrogen) atoms. The van der Waals surface area contributed by atoms with Gasteiger partial charge in [-0.25, -0.2) is 13.8 Å². The maximum Gasteiger partial charge on any atom is 0.248 e. The SMILES string of the molecule is CC(C)[C@H](N)C(=O)N[C@@H](CCCCN)C(=O)NCCCN(C(=O)CO)[C@@H](c1nc(-c2cc(F)ccc2F)cn1Cc1ccccc1)C(C)(C)C. The third-order valence-corrected chi connectivity index (χ3v) is 8.52. The number of carbonyl (C=O) groups excluding carboxylic acids is 3. The molecule has 7 N–H and O–H groups in total. The van der Waals surface area contributed by atoms with E-state index in [1.165, 1.54) is 4.90 Å². The molecule has 0 radical (unpaired) electrons. The van der Waals surface area contributed by atoms with E-state index in [0.717, 1.165) is 23.8 Å². The van der Waals surface area contributed by atoms with Gasteiger partial charge in [-0.3, -0.25) is 14.4 Å². The smallest absolute Gasteiger partial charge is 0.248 e. The van der Waals surface area contributed by atoms with Gasteiger partial charge in [0.2, 0.25) is 17.7 Å². The van der Waals surface area contributed by atoms with Crippen LogP contribution in [0.25, 0.3) is 11.3 Å². The first-order chi connectivity index (χ1) is 23.7. The summed E-state index contributed by atoms with van der Waals surface area (Å²) in [7, 11) is 0. The van der Waals surface area contributed by atoms with Crippen molar-refractivity contribution in [2.24, 2.45) is 22.8 Å². The Balaban J connectivity index is 1.90. The fourth-order valence-corrected chi connectivity index (χ4v) is 5.78. The molecule has 3 aromatic rings. The van der Waals surface area contributed by atoms with Crippen LogP contribution in [0.2, 0.25) is 0 Å². The van der Waals surface area contributed by atoms with E-state index in [9.17, 15) is 28.3 Å². The number of nitrogens with one attached hydrogen (secondary N) is 2. The quantitative estimate of drug-likeness (QED) is 0.126. The zero-order chi connectivity index (χ0) is 37.0. The summed E-state index contributed by atoms with van der Waals surface area (Å²) in [6.45, 7) is 9.76. The van der Waals surface area contributed by atoms with E-state index in [4.69, 9.17) is 16.5 Å². The minimum absolute atomic E-state index is 0.0177. The molecule has 11 nitrogen and oxygen atoms in total. The number of nitrogens with zero attached hydrogens (tertiary/aromatic N) is 3. The van der Waals surface area contributed by atoms with Gasteiger partial charge in [0.1, 0.15) is 30.1 Å². The number of nitrogens with two attached hydrogens (primary N) is 2. The van der Waals surface area contributed by atoms with Crippen molar-refractivity contribution in [1.29, 1.82) is 0 Å². The summed E-state index contributed by atoms with van der Waals surface area (Å²) in [4.78, 5) is 45.6. The first-order valence-electron chi connectivity index (χ1n) is 17.2. The minimum atomic E-state index is -0.802. The lowest BCUT2D eigenvalue weighted by Gasteiger charge is -2.40. The van der Waals surface area contributed by atoms with Gasteiger partial charge >= 0.3 is 0 Å². The molecule has 0 aliphatic heterocycles. The second-order valence-corrected chi connectivity index (χ2v) is 14.0. The van der Waals surface area contributed by atoms with E-state index >= 15 is 0 Å². The van der Waals surface area contributed by atoms with Crippen LogP contribution < -0.4 is 22.1 Å². The van der Waals surface area contributed by atoms with E-state index in [0.29, 0.717) is 44.6 Å².